The second-order valence-electron chi connectivity index (χ2n) is 6.79. The summed E-state index contributed by atoms with van der Waals surface area (Å²) in [6.45, 7) is 2.21. The molecule has 0 bridgehead atoms. The van der Waals surface area contributed by atoms with E-state index >= 15 is 0 Å². The second kappa shape index (κ2) is 10.3. The Balaban J connectivity index is 1.88. The van der Waals surface area contributed by atoms with Gasteiger partial charge < -0.3 is 16.2 Å². The molecule has 158 valence electrons. The summed E-state index contributed by atoms with van der Waals surface area (Å²) in [7, 11) is 0. The number of nitrogens with two attached hydrogens (primary N) is 1. The molecule has 3 rings (SSSR count). The van der Waals surface area contributed by atoms with Crippen LogP contribution in [0, 0.1) is 24.6 Å². The topological polar surface area (TPSA) is 114 Å². The Morgan fingerprint density at radius 2 is 2.00 bits per heavy atom. The molecule has 0 aliphatic carbocycles. The van der Waals surface area contributed by atoms with Gasteiger partial charge in [0.05, 0.1) is 22.5 Å². The second-order valence-corrected chi connectivity index (χ2v) is 6.79. The van der Waals surface area contributed by atoms with Crippen LogP contribution in [0.3, 0.4) is 0 Å². The van der Waals surface area contributed by atoms with E-state index in [1.165, 1.54) is 18.5 Å². The average Bonchev–Trinajstić information content (AvgIpc) is 2.76. The number of rotatable bonds is 6. The molecule has 0 aliphatic heterocycles. The van der Waals surface area contributed by atoms with Gasteiger partial charge in [0.25, 0.3) is 5.91 Å². The molecule has 0 spiro atoms. The van der Waals surface area contributed by atoms with E-state index in [0.29, 0.717) is 53.3 Å². The Labute approximate surface area is 179 Å². The lowest BCUT2D eigenvalue weighted by Gasteiger charge is -2.09. The molecule has 0 saturated carbocycles. The van der Waals surface area contributed by atoms with Gasteiger partial charge in [-0.25, -0.2) is 19.3 Å². The number of amides is 1. The van der Waals surface area contributed by atoms with Gasteiger partial charge >= 0.3 is 0 Å². The number of nitrogen functional groups attached to an aromatic ring is 1. The lowest BCUT2D eigenvalue weighted by atomic mass is 10.0. The van der Waals surface area contributed by atoms with E-state index in [1.54, 1.807) is 31.3 Å². The molecular formula is C23H22FN5O2. The smallest absolute Gasteiger partial charge is 0.254 e. The molecule has 0 atom stereocenters. The summed E-state index contributed by atoms with van der Waals surface area (Å²) in [5.41, 5.74) is 8.36. The van der Waals surface area contributed by atoms with Gasteiger partial charge in [0.15, 0.2) is 0 Å². The van der Waals surface area contributed by atoms with Crippen molar-refractivity contribution in [2.45, 2.75) is 19.8 Å². The van der Waals surface area contributed by atoms with Crippen LogP contribution in [0.25, 0.3) is 11.3 Å². The highest BCUT2D eigenvalue weighted by Crippen LogP contribution is 2.24. The van der Waals surface area contributed by atoms with Crippen molar-refractivity contribution in [1.82, 2.24) is 20.3 Å². The predicted octanol–water partition coefficient (Wildman–Crippen LogP) is 2.47. The molecule has 1 amide bonds. The first-order valence-corrected chi connectivity index (χ1v) is 9.73. The average molecular weight is 419 g/mol. The molecule has 31 heavy (non-hydrogen) atoms. The molecule has 0 unspecified atom stereocenters. The number of nitrogens with one attached hydrogen (secondary N) is 1. The maximum absolute atomic E-state index is 14.7. The first-order valence-electron chi connectivity index (χ1n) is 9.73. The number of benzene rings is 1. The zero-order valence-corrected chi connectivity index (χ0v) is 17.0. The van der Waals surface area contributed by atoms with E-state index in [-0.39, 0.29) is 12.2 Å². The zero-order chi connectivity index (χ0) is 22.2. The lowest BCUT2D eigenvalue weighted by Crippen LogP contribution is -2.25. The summed E-state index contributed by atoms with van der Waals surface area (Å²) in [6.07, 6.45) is 4.15. The largest absolute Gasteiger partial charge is 0.396 e. The Morgan fingerprint density at radius 3 is 2.71 bits per heavy atom. The van der Waals surface area contributed by atoms with Crippen molar-refractivity contribution in [2.24, 2.45) is 0 Å². The highest BCUT2D eigenvalue weighted by molar-refractivity contribution is 5.95. The van der Waals surface area contributed by atoms with Crippen LogP contribution < -0.4 is 11.1 Å². The van der Waals surface area contributed by atoms with Gasteiger partial charge in [-0.05, 0) is 44.0 Å². The molecule has 7 nitrogen and oxygen atoms in total. The van der Waals surface area contributed by atoms with Crippen LogP contribution in [0.5, 0.6) is 0 Å². The van der Waals surface area contributed by atoms with Crippen molar-refractivity contribution in [2.75, 3.05) is 18.9 Å². The van der Waals surface area contributed by atoms with Crippen molar-refractivity contribution in [1.29, 1.82) is 0 Å². The van der Waals surface area contributed by atoms with Crippen molar-refractivity contribution in [3.8, 4) is 23.1 Å². The number of halogens is 1. The molecule has 0 saturated heterocycles. The minimum absolute atomic E-state index is 0.0529. The molecule has 0 aliphatic rings. The number of carbonyl (C=O) groups excluding carboxylic acids is 1. The number of nitrogens with zero attached hydrogens (tertiary/aromatic N) is 3. The van der Waals surface area contributed by atoms with E-state index in [0.717, 1.165) is 0 Å². The van der Waals surface area contributed by atoms with Crippen LogP contribution in [-0.4, -0.2) is 39.1 Å². The molecule has 2 heterocycles. The Bertz CT molecular complexity index is 1140. The summed E-state index contributed by atoms with van der Waals surface area (Å²) in [5.74, 6) is 5.27. The number of aliphatic hydroxyl groups excluding tert-OH is 1. The first kappa shape index (κ1) is 21.9. The standard InChI is InChI=1S/C23H22FN5O2/c1-15-18(7-4-16-5-9-21(25)27-13-16)22(29-14-28-15)17-6-8-19(20(24)12-17)23(31)26-10-2-3-11-30/h5-6,8-9,12-14,30H,2-3,10-11H2,1H3,(H2,25,27)(H,26,31). The molecule has 0 radical (unpaired) electrons. The number of aromatic nitrogens is 3. The van der Waals surface area contributed by atoms with E-state index in [4.69, 9.17) is 10.8 Å². The first-order chi connectivity index (χ1) is 15.0. The van der Waals surface area contributed by atoms with E-state index in [9.17, 15) is 9.18 Å². The number of anilines is 1. The fourth-order valence-corrected chi connectivity index (χ4v) is 2.84. The van der Waals surface area contributed by atoms with Crippen molar-refractivity contribution in [3.05, 3.63) is 71.1 Å². The summed E-state index contributed by atoms with van der Waals surface area (Å²) in [4.78, 5) is 24.7. The van der Waals surface area contributed by atoms with Gasteiger partial charge in [0.2, 0.25) is 0 Å². The third-order valence-electron chi connectivity index (χ3n) is 4.51. The van der Waals surface area contributed by atoms with Crippen LogP contribution in [0.15, 0.2) is 42.9 Å². The minimum atomic E-state index is -0.657. The number of aliphatic hydroxyl groups is 1. The summed E-state index contributed by atoms with van der Waals surface area (Å²) < 4.78 is 14.7. The number of carbonyl (C=O) groups is 1. The number of aryl methyl sites for hydroxylation is 1. The molecule has 0 fully saturated rings. The highest BCUT2D eigenvalue weighted by atomic mass is 19.1. The van der Waals surface area contributed by atoms with Gasteiger partial charge in [-0.3, -0.25) is 4.79 Å². The molecule has 4 N–H and O–H groups in total. The summed E-state index contributed by atoms with van der Waals surface area (Å²) >= 11 is 0. The van der Waals surface area contributed by atoms with Crippen molar-refractivity contribution < 1.29 is 14.3 Å². The highest BCUT2D eigenvalue weighted by Gasteiger charge is 2.15. The lowest BCUT2D eigenvalue weighted by molar-refractivity contribution is 0.0948. The van der Waals surface area contributed by atoms with Gasteiger partial charge in [-0.1, -0.05) is 17.9 Å². The fraction of sp³-hybridized carbons (Fsp3) is 0.217. The number of hydrogen-bond acceptors (Lipinski definition) is 6. The van der Waals surface area contributed by atoms with Crippen LogP contribution >= 0.6 is 0 Å². The molecule has 1 aromatic carbocycles. The van der Waals surface area contributed by atoms with Gasteiger partial charge in [0, 0.05) is 30.5 Å². The van der Waals surface area contributed by atoms with Crippen LogP contribution in [-0.2, 0) is 0 Å². The number of unbranched alkanes of at least 4 members (excludes halogenated alkanes) is 1. The van der Waals surface area contributed by atoms with Crippen molar-refractivity contribution in [3.63, 3.8) is 0 Å². The molecular weight excluding hydrogens is 397 g/mol. The maximum Gasteiger partial charge on any atom is 0.254 e. The maximum atomic E-state index is 14.7. The number of hydrogen-bond donors (Lipinski definition) is 3. The van der Waals surface area contributed by atoms with Crippen LogP contribution in [0.1, 0.15) is 40.0 Å². The van der Waals surface area contributed by atoms with E-state index < -0.39 is 11.7 Å². The van der Waals surface area contributed by atoms with Gasteiger partial charge in [0.1, 0.15) is 18.0 Å². The Kier molecular flexibility index (Phi) is 7.25. The summed E-state index contributed by atoms with van der Waals surface area (Å²) in [5, 5.41) is 11.4. The zero-order valence-electron chi connectivity index (χ0n) is 17.0. The van der Waals surface area contributed by atoms with Crippen LogP contribution in [0.2, 0.25) is 0 Å². The van der Waals surface area contributed by atoms with E-state index in [1.807, 2.05) is 0 Å². The fourth-order valence-electron chi connectivity index (χ4n) is 2.84. The molecule has 8 heteroatoms. The molecule has 3 aromatic rings. The molecule has 2 aromatic heterocycles. The van der Waals surface area contributed by atoms with E-state index in [2.05, 4.69) is 32.1 Å². The van der Waals surface area contributed by atoms with Crippen molar-refractivity contribution >= 4 is 11.7 Å². The quantitative estimate of drug-likeness (QED) is 0.418. The summed E-state index contributed by atoms with van der Waals surface area (Å²) in [6, 6.07) is 7.72. The third kappa shape index (κ3) is 5.62. The monoisotopic (exact) mass is 419 g/mol. The predicted molar refractivity (Wildman–Crippen MR) is 115 cm³/mol. The van der Waals surface area contributed by atoms with Gasteiger partial charge in [-0.15, -0.1) is 0 Å². The normalized spacial score (nSPS) is 10.3. The Hall–Kier alpha value is -3.83. The minimum Gasteiger partial charge on any atom is -0.396 e. The Morgan fingerprint density at radius 1 is 1.16 bits per heavy atom. The van der Waals surface area contributed by atoms with Crippen LogP contribution in [0.4, 0.5) is 10.2 Å². The number of pyridine rings is 1. The third-order valence-corrected chi connectivity index (χ3v) is 4.51. The van der Waals surface area contributed by atoms with Gasteiger partial charge in [-0.2, -0.15) is 0 Å². The SMILES string of the molecule is Cc1ncnc(-c2ccc(C(=O)NCCCCO)c(F)c2)c1C#Cc1ccc(N)nc1.